The van der Waals surface area contributed by atoms with Gasteiger partial charge in [0.1, 0.15) is 5.01 Å². The number of anilines is 1. The van der Waals surface area contributed by atoms with Crippen LogP contribution >= 0.6 is 11.3 Å². The largest absolute Gasteiger partial charge is 0.374 e. The Labute approximate surface area is 112 Å². The Balaban J connectivity index is 1.43. The van der Waals surface area contributed by atoms with Crippen LogP contribution in [0, 0.1) is 29.6 Å². The lowest BCUT2D eigenvalue weighted by Crippen LogP contribution is -2.45. The predicted octanol–water partition coefficient (Wildman–Crippen LogP) is 3.13. The SMILES string of the molecule is Nc1nnc(CCC2C3CC4CC(C3)CC2C4)s1. The molecule has 18 heavy (non-hydrogen) atoms. The predicted molar refractivity (Wildman–Crippen MR) is 73.2 cm³/mol. The van der Waals surface area contributed by atoms with Crippen LogP contribution in [0.25, 0.3) is 0 Å². The molecular weight excluding hydrogens is 242 g/mol. The Morgan fingerprint density at radius 2 is 1.67 bits per heavy atom. The fourth-order valence-electron chi connectivity index (χ4n) is 5.17. The van der Waals surface area contributed by atoms with Gasteiger partial charge in [0.05, 0.1) is 0 Å². The van der Waals surface area contributed by atoms with Crippen LogP contribution in [0.1, 0.15) is 43.5 Å². The van der Waals surface area contributed by atoms with Gasteiger partial charge in [-0.2, -0.15) is 0 Å². The zero-order valence-corrected chi connectivity index (χ0v) is 11.5. The fraction of sp³-hybridized carbons (Fsp3) is 0.857. The summed E-state index contributed by atoms with van der Waals surface area (Å²) in [5.41, 5.74) is 5.65. The monoisotopic (exact) mass is 263 g/mol. The maximum Gasteiger partial charge on any atom is 0.203 e. The number of hydrogen-bond acceptors (Lipinski definition) is 4. The van der Waals surface area contributed by atoms with E-state index in [0.717, 1.165) is 41.0 Å². The lowest BCUT2D eigenvalue weighted by Gasteiger charge is -2.54. The van der Waals surface area contributed by atoms with Crippen LogP contribution in [0.5, 0.6) is 0 Å². The number of nitrogens with zero attached hydrogens (tertiary/aromatic N) is 2. The third-order valence-electron chi connectivity index (χ3n) is 5.60. The summed E-state index contributed by atoms with van der Waals surface area (Å²) in [5.74, 6) is 5.21. The summed E-state index contributed by atoms with van der Waals surface area (Å²) in [6, 6.07) is 0. The molecule has 4 aliphatic carbocycles. The van der Waals surface area contributed by atoms with Gasteiger partial charge in [0.25, 0.3) is 0 Å². The van der Waals surface area contributed by atoms with Crippen LogP contribution in [-0.2, 0) is 6.42 Å². The molecule has 0 amide bonds. The number of nitrogens with two attached hydrogens (primary N) is 1. The highest BCUT2D eigenvalue weighted by Crippen LogP contribution is 2.57. The van der Waals surface area contributed by atoms with Gasteiger partial charge in [0.2, 0.25) is 5.13 Å². The van der Waals surface area contributed by atoms with Gasteiger partial charge in [-0.3, -0.25) is 0 Å². The molecule has 4 saturated carbocycles. The summed E-state index contributed by atoms with van der Waals surface area (Å²) >= 11 is 1.57. The molecule has 4 fully saturated rings. The zero-order chi connectivity index (χ0) is 12.1. The molecule has 0 radical (unpaired) electrons. The quantitative estimate of drug-likeness (QED) is 0.911. The smallest absolute Gasteiger partial charge is 0.203 e. The van der Waals surface area contributed by atoms with Crippen LogP contribution < -0.4 is 5.73 Å². The van der Waals surface area contributed by atoms with Gasteiger partial charge in [-0.1, -0.05) is 11.3 Å². The lowest BCUT2D eigenvalue weighted by molar-refractivity contribution is -0.0394. The van der Waals surface area contributed by atoms with Crippen LogP contribution in [0.4, 0.5) is 5.13 Å². The van der Waals surface area contributed by atoms with E-state index in [1.54, 1.807) is 17.8 Å². The van der Waals surface area contributed by atoms with Gasteiger partial charge < -0.3 is 5.73 Å². The third kappa shape index (κ3) is 1.85. The second-order valence-electron chi connectivity index (χ2n) is 6.67. The van der Waals surface area contributed by atoms with Gasteiger partial charge >= 0.3 is 0 Å². The molecule has 0 atom stereocenters. The molecule has 2 N–H and O–H groups in total. The Hall–Kier alpha value is -0.640. The molecule has 3 nitrogen and oxygen atoms in total. The first-order valence-electron chi connectivity index (χ1n) is 7.36. The standard InChI is InChI=1S/C14H21N3S/c15-14-17-16-13(18-14)2-1-12-10-4-8-3-9(6-10)7-11(12)5-8/h8-12H,1-7H2,(H2,15,17). The molecule has 4 heteroatoms. The summed E-state index contributed by atoms with van der Waals surface area (Å²) < 4.78 is 0. The first kappa shape index (κ1) is 11.2. The third-order valence-corrected chi connectivity index (χ3v) is 6.41. The van der Waals surface area contributed by atoms with Gasteiger partial charge in [-0.05, 0) is 68.1 Å². The summed E-state index contributed by atoms with van der Waals surface area (Å²) in [6.07, 6.45) is 10.1. The van der Waals surface area contributed by atoms with Crippen LogP contribution in [0.3, 0.4) is 0 Å². The molecule has 98 valence electrons. The Kier molecular flexibility index (Phi) is 2.61. The summed E-state index contributed by atoms with van der Waals surface area (Å²) in [7, 11) is 0. The molecule has 1 aromatic rings. The van der Waals surface area contributed by atoms with Crippen LogP contribution in [-0.4, -0.2) is 10.2 Å². The van der Waals surface area contributed by atoms with E-state index in [-0.39, 0.29) is 0 Å². The van der Waals surface area contributed by atoms with Crippen molar-refractivity contribution < 1.29 is 0 Å². The van der Waals surface area contributed by atoms with Crippen molar-refractivity contribution in [2.24, 2.45) is 29.6 Å². The Morgan fingerprint density at radius 1 is 1.00 bits per heavy atom. The molecule has 0 saturated heterocycles. The fourth-order valence-corrected chi connectivity index (χ4v) is 5.79. The number of aryl methyl sites for hydroxylation is 1. The topological polar surface area (TPSA) is 51.8 Å². The van der Waals surface area contributed by atoms with E-state index in [1.807, 2.05) is 0 Å². The van der Waals surface area contributed by atoms with E-state index in [2.05, 4.69) is 10.2 Å². The highest BCUT2D eigenvalue weighted by atomic mass is 32.1. The van der Waals surface area contributed by atoms with Crippen molar-refractivity contribution in [2.75, 3.05) is 5.73 Å². The maximum absolute atomic E-state index is 5.65. The van der Waals surface area contributed by atoms with Gasteiger partial charge in [-0.25, -0.2) is 0 Å². The number of nitrogen functional groups attached to an aromatic ring is 1. The van der Waals surface area contributed by atoms with Gasteiger partial charge in [-0.15, -0.1) is 10.2 Å². The van der Waals surface area contributed by atoms with Crippen LogP contribution in [0.15, 0.2) is 0 Å². The Bertz CT molecular complexity index is 414. The minimum atomic E-state index is 0.620. The van der Waals surface area contributed by atoms with E-state index in [9.17, 15) is 0 Å². The molecule has 0 unspecified atom stereocenters. The molecule has 0 spiro atoms. The zero-order valence-electron chi connectivity index (χ0n) is 10.7. The highest BCUT2D eigenvalue weighted by molar-refractivity contribution is 7.15. The van der Waals surface area contributed by atoms with Crippen molar-refractivity contribution >= 4 is 16.5 Å². The Morgan fingerprint density at radius 3 is 2.22 bits per heavy atom. The summed E-state index contributed by atoms with van der Waals surface area (Å²) in [5, 5.41) is 9.84. The highest BCUT2D eigenvalue weighted by Gasteiger charge is 2.47. The van der Waals surface area contributed by atoms with Crippen molar-refractivity contribution in [2.45, 2.75) is 44.9 Å². The van der Waals surface area contributed by atoms with Crippen molar-refractivity contribution in [1.82, 2.24) is 10.2 Å². The summed E-state index contributed by atoms with van der Waals surface area (Å²) in [6.45, 7) is 0. The molecule has 4 bridgehead atoms. The van der Waals surface area contributed by atoms with E-state index in [0.29, 0.717) is 5.13 Å². The van der Waals surface area contributed by atoms with E-state index >= 15 is 0 Å². The molecular formula is C14H21N3S. The average molecular weight is 263 g/mol. The minimum absolute atomic E-state index is 0.620. The first-order valence-corrected chi connectivity index (χ1v) is 8.17. The van der Waals surface area contributed by atoms with Crippen molar-refractivity contribution in [3.8, 4) is 0 Å². The van der Waals surface area contributed by atoms with Crippen LogP contribution in [0.2, 0.25) is 0 Å². The normalized spacial score (nSPS) is 41.4. The second-order valence-corrected chi connectivity index (χ2v) is 7.76. The van der Waals surface area contributed by atoms with Gasteiger partial charge in [0.15, 0.2) is 0 Å². The minimum Gasteiger partial charge on any atom is -0.374 e. The van der Waals surface area contributed by atoms with E-state index in [1.165, 1.54) is 32.1 Å². The number of hydrogen-bond donors (Lipinski definition) is 1. The average Bonchev–Trinajstić information content (AvgIpc) is 2.73. The molecule has 0 aromatic carbocycles. The van der Waals surface area contributed by atoms with Crippen molar-refractivity contribution in [1.29, 1.82) is 0 Å². The first-order chi connectivity index (χ1) is 8.78. The number of aromatic nitrogens is 2. The summed E-state index contributed by atoms with van der Waals surface area (Å²) in [4.78, 5) is 0. The number of rotatable bonds is 3. The lowest BCUT2D eigenvalue weighted by atomic mass is 9.51. The molecule has 0 aliphatic heterocycles. The molecule has 5 rings (SSSR count). The van der Waals surface area contributed by atoms with Crippen molar-refractivity contribution in [3.63, 3.8) is 0 Å². The maximum atomic E-state index is 5.65. The second kappa shape index (κ2) is 4.19. The van der Waals surface area contributed by atoms with E-state index in [4.69, 9.17) is 5.73 Å². The van der Waals surface area contributed by atoms with Gasteiger partial charge in [0, 0.05) is 6.42 Å². The molecule has 1 aromatic heterocycles. The van der Waals surface area contributed by atoms with E-state index < -0.39 is 0 Å². The van der Waals surface area contributed by atoms with Crippen molar-refractivity contribution in [3.05, 3.63) is 5.01 Å². The molecule has 4 aliphatic rings. The molecule has 1 heterocycles.